The van der Waals surface area contributed by atoms with Crippen molar-refractivity contribution in [2.45, 2.75) is 33.2 Å². The van der Waals surface area contributed by atoms with Crippen LogP contribution in [0.1, 0.15) is 25.3 Å². The van der Waals surface area contributed by atoms with Crippen LogP contribution in [-0.2, 0) is 4.79 Å². The van der Waals surface area contributed by atoms with Crippen LogP contribution in [0.3, 0.4) is 0 Å². The molecule has 0 spiro atoms. The van der Waals surface area contributed by atoms with Crippen molar-refractivity contribution in [1.82, 2.24) is 10.3 Å². The van der Waals surface area contributed by atoms with Crippen molar-refractivity contribution in [3.63, 3.8) is 0 Å². The molecule has 6 nitrogen and oxygen atoms in total. The number of nitrogens with one attached hydrogen (secondary N) is 2. The second-order valence-corrected chi connectivity index (χ2v) is 6.83. The highest BCUT2D eigenvalue weighted by molar-refractivity contribution is 7.18. The Morgan fingerprint density at radius 2 is 2.09 bits per heavy atom. The van der Waals surface area contributed by atoms with Crippen molar-refractivity contribution in [1.29, 1.82) is 0 Å². The number of carbonyl (C=O) groups excluding carboxylic acids is 2. The fraction of sp³-hybridized carbons (Fsp3) is 0.400. The molecule has 0 saturated carbocycles. The Morgan fingerprint density at radius 1 is 1.36 bits per heavy atom. The molecule has 0 aliphatic carbocycles. The number of thiazole rings is 1. The Morgan fingerprint density at radius 3 is 2.73 bits per heavy atom. The normalized spacial score (nSPS) is 12.4. The van der Waals surface area contributed by atoms with E-state index in [1.54, 1.807) is 17.4 Å². The van der Waals surface area contributed by atoms with E-state index in [2.05, 4.69) is 15.6 Å². The molecule has 1 aromatic carbocycles. The summed E-state index contributed by atoms with van der Waals surface area (Å²) >= 11 is 1.57. The molecule has 7 heteroatoms. The standard InChI is InChI=1S/C15H20N4O2S/c1-8(2)6-12(19-15(16)21)14(20)18-10-4-5-11-13(7-10)22-9(3)17-11/h4-5,7-8,12H,6H2,1-3H3,(H,18,20)(H3,16,19,21)/t12-/m1/s1. The molecule has 1 atom stereocenters. The molecule has 22 heavy (non-hydrogen) atoms. The molecule has 0 aliphatic rings. The van der Waals surface area contributed by atoms with Crippen LogP contribution in [0.4, 0.5) is 10.5 Å². The molecule has 0 fully saturated rings. The molecule has 0 radical (unpaired) electrons. The Balaban J connectivity index is 2.13. The topological polar surface area (TPSA) is 97.1 Å². The molecular weight excluding hydrogens is 300 g/mol. The highest BCUT2D eigenvalue weighted by Gasteiger charge is 2.21. The average Bonchev–Trinajstić information content (AvgIpc) is 2.76. The summed E-state index contributed by atoms with van der Waals surface area (Å²) in [7, 11) is 0. The van der Waals surface area contributed by atoms with Crippen LogP contribution >= 0.6 is 11.3 Å². The van der Waals surface area contributed by atoms with Crippen LogP contribution < -0.4 is 16.4 Å². The van der Waals surface area contributed by atoms with Gasteiger partial charge >= 0.3 is 6.03 Å². The van der Waals surface area contributed by atoms with Crippen LogP contribution in [0.5, 0.6) is 0 Å². The minimum atomic E-state index is -0.700. The Kier molecular flexibility index (Phi) is 4.97. The number of benzene rings is 1. The zero-order valence-electron chi connectivity index (χ0n) is 12.8. The molecule has 0 saturated heterocycles. The summed E-state index contributed by atoms with van der Waals surface area (Å²) in [5, 5.41) is 6.29. The van der Waals surface area contributed by atoms with Gasteiger partial charge in [0.1, 0.15) is 6.04 Å². The maximum absolute atomic E-state index is 12.3. The van der Waals surface area contributed by atoms with E-state index in [4.69, 9.17) is 5.73 Å². The van der Waals surface area contributed by atoms with Crippen molar-refractivity contribution in [2.75, 3.05) is 5.32 Å². The Hall–Kier alpha value is -2.15. The summed E-state index contributed by atoms with van der Waals surface area (Å²) in [5.74, 6) is -0.0117. The third kappa shape index (κ3) is 4.17. The van der Waals surface area contributed by atoms with Crippen molar-refractivity contribution in [2.24, 2.45) is 11.7 Å². The van der Waals surface area contributed by atoms with Gasteiger partial charge in [-0.3, -0.25) is 4.79 Å². The predicted molar refractivity (Wildman–Crippen MR) is 88.9 cm³/mol. The van der Waals surface area contributed by atoms with Gasteiger partial charge in [0.05, 0.1) is 15.2 Å². The van der Waals surface area contributed by atoms with E-state index in [0.29, 0.717) is 12.1 Å². The largest absolute Gasteiger partial charge is 0.352 e. The molecule has 1 heterocycles. The lowest BCUT2D eigenvalue weighted by molar-refractivity contribution is -0.118. The number of anilines is 1. The number of primary amides is 1. The van der Waals surface area contributed by atoms with Gasteiger partial charge in [0.25, 0.3) is 0 Å². The lowest BCUT2D eigenvalue weighted by Crippen LogP contribution is -2.46. The third-order valence-electron chi connectivity index (χ3n) is 3.10. The molecule has 3 amide bonds. The first-order valence-electron chi connectivity index (χ1n) is 7.09. The molecular formula is C15H20N4O2S. The van der Waals surface area contributed by atoms with E-state index in [-0.39, 0.29) is 11.8 Å². The molecule has 2 rings (SSSR count). The average molecular weight is 320 g/mol. The fourth-order valence-corrected chi connectivity index (χ4v) is 3.09. The zero-order chi connectivity index (χ0) is 16.3. The summed E-state index contributed by atoms with van der Waals surface area (Å²) in [4.78, 5) is 27.8. The van der Waals surface area contributed by atoms with Gasteiger partial charge in [-0.25, -0.2) is 9.78 Å². The molecule has 1 aromatic heterocycles. The lowest BCUT2D eigenvalue weighted by atomic mass is 10.0. The molecule has 0 aliphatic heterocycles. The number of hydrogen-bond donors (Lipinski definition) is 3. The first-order chi connectivity index (χ1) is 10.3. The highest BCUT2D eigenvalue weighted by Crippen LogP contribution is 2.25. The minimum Gasteiger partial charge on any atom is -0.352 e. The second kappa shape index (κ2) is 6.74. The lowest BCUT2D eigenvalue weighted by Gasteiger charge is -2.19. The number of hydrogen-bond acceptors (Lipinski definition) is 4. The van der Waals surface area contributed by atoms with Gasteiger partial charge < -0.3 is 16.4 Å². The van der Waals surface area contributed by atoms with Crippen molar-refractivity contribution >= 4 is 39.2 Å². The van der Waals surface area contributed by atoms with Gasteiger partial charge in [-0.05, 0) is 37.5 Å². The number of nitrogens with two attached hydrogens (primary N) is 1. The smallest absolute Gasteiger partial charge is 0.312 e. The number of nitrogens with zero attached hydrogens (tertiary/aromatic N) is 1. The van der Waals surface area contributed by atoms with Crippen molar-refractivity contribution < 1.29 is 9.59 Å². The summed E-state index contributed by atoms with van der Waals surface area (Å²) < 4.78 is 1.01. The van der Waals surface area contributed by atoms with Crippen LogP contribution in [0, 0.1) is 12.8 Å². The van der Waals surface area contributed by atoms with Crippen molar-refractivity contribution in [3.8, 4) is 0 Å². The highest BCUT2D eigenvalue weighted by atomic mass is 32.1. The molecule has 4 N–H and O–H groups in total. The van der Waals surface area contributed by atoms with Gasteiger partial charge in [0.15, 0.2) is 0 Å². The summed E-state index contributed by atoms with van der Waals surface area (Å²) in [6.45, 7) is 5.91. The molecule has 0 bridgehead atoms. The maximum atomic E-state index is 12.3. The van der Waals surface area contributed by atoms with Gasteiger partial charge in [-0.15, -0.1) is 11.3 Å². The number of carbonyl (C=O) groups is 2. The number of fused-ring (bicyclic) bond motifs is 1. The quantitative estimate of drug-likeness (QED) is 0.790. The third-order valence-corrected chi connectivity index (χ3v) is 4.04. The number of aromatic nitrogens is 1. The van der Waals surface area contributed by atoms with Crippen LogP contribution in [0.25, 0.3) is 10.2 Å². The first-order valence-corrected chi connectivity index (χ1v) is 7.91. The Labute approximate surface area is 133 Å². The van der Waals surface area contributed by atoms with E-state index in [0.717, 1.165) is 15.2 Å². The Bertz CT molecular complexity index is 696. The van der Waals surface area contributed by atoms with Crippen molar-refractivity contribution in [3.05, 3.63) is 23.2 Å². The first kappa shape index (κ1) is 16.2. The molecule has 2 aromatic rings. The molecule has 118 valence electrons. The maximum Gasteiger partial charge on any atom is 0.312 e. The summed E-state index contributed by atoms with van der Waals surface area (Å²) in [5.41, 5.74) is 6.73. The summed E-state index contributed by atoms with van der Waals surface area (Å²) in [6, 6.07) is 4.21. The molecule has 0 unspecified atom stereocenters. The van der Waals surface area contributed by atoms with Crippen LogP contribution in [0.15, 0.2) is 18.2 Å². The fourth-order valence-electron chi connectivity index (χ4n) is 2.22. The SMILES string of the molecule is Cc1nc2ccc(NC(=O)[C@@H](CC(C)C)NC(N)=O)cc2s1. The summed E-state index contributed by atoms with van der Waals surface area (Å²) in [6.07, 6.45) is 0.524. The van der Waals surface area contributed by atoms with E-state index in [1.165, 1.54) is 0 Å². The number of amides is 3. The zero-order valence-corrected chi connectivity index (χ0v) is 13.7. The number of aryl methyl sites for hydroxylation is 1. The van der Waals surface area contributed by atoms with E-state index < -0.39 is 12.1 Å². The number of rotatable bonds is 5. The van der Waals surface area contributed by atoms with E-state index in [1.807, 2.05) is 32.9 Å². The van der Waals surface area contributed by atoms with Crippen LogP contribution in [-0.4, -0.2) is 23.0 Å². The predicted octanol–water partition coefficient (Wildman–Crippen LogP) is 2.63. The number of urea groups is 1. The van der Waals surface area contributed by atoms with Crippen LogP contribution in [0.2, 0.25) is 0 Å². The van der Waals surface area contributed by atoms with Gasteiger partial charge in [0.2, 0.25) is 5.91 Å². The van der Waals surface area contributed by atoms with E-state index >= 15 is 0 Å². The van der Waals surface area contributed by atoms with Gasteiger partial charge in [-0.2, -0.15) is 0 Å². The van der Waals surface area contributed by atoms with E-state index in [9.17, 15) is 9.59 Å². The minimum absolute atomic E-state index is 0.259. The second-order valence-electron chi connectivity index (χ2n) is 5.60. The monoisotopic (exact) mass is 320 g/mol. The van der Waals surface area contributed by atoms with Gasteiger partial charge in [-0.1, -0.05) is 13.8 Å². The van der Waals surface area contributed by atoms with Gasteiger partial charge in [0, 0.05) is 5.69 Å².